The van der Waals surface area contributed by atoms with Crippen LogP contribution in [-0.2, 0) is 11.2 Å². The van der Waals surface area contributed by atoms with Crippen molar-refractivity contribution in [2.45, 2.75) is 71.5 Å². The average Bonchev–Trinajstić information content (AvgIpc) is 2.43. The molecule has 1 aliphatic carbocycles. The van der Waals surface area contributed by atoms with Gasteiger partial charge in [0.05, 0.1) is 11.7 Å². The van der Waals surface area contributed by atoms with Gasteiger partial charge in [-0.1, -0.05) is 32.0 Å². The van der Waals surface area contributed by atoms with Crippen molar-refractivity contribution in [2.24, 2.45) is 5.41 Å². The summed E-state index contributed by atoms with van der Waals surface area (Å²) in [6.45, 7) is 8.87. The van der Waals surface area contributed by atoms with Gasteiger partial charge in [0.1, 0.15) is 0 Å². The maximum Gasteiger partial charge on any atom is 0.0940 e. The van der Waals surface area contributed by atoms with Gasteiger partial charge < -0.3 is 9.84 Å². The maximum atomic E-state index is 10.9. The third kappa shape index (κ3) is 3.49. The minimum atomic E-state index is -0.432. The van der Waals surface area contributed by atoms with E-state index in [1.54, 1.807) is 7.11 Å². The Kier molecular flexibility index (Phi) is 4.79. The van der Waals surface area contributed by atoms with Crippen molar-refractivity contribution in [3.63, 3.8) is 0 Å². The molecule has 1 aromatic carbocycles. The van der Waals surface area contributed by atoms with Crippen LogP contribution in [0.4, 0.5) is 0 Å². The van der Waals surface area contributed by atoms with Crippen molar-refractivity contribution < 1.29 is 9.84 Å². The molecule has 0 spiro atoms. The number of methoxy groups -OCH3 is 1. The van der Waals surface area contributed by atoms with Crippen molar-refractivity contribution in [2.75, 3.05) is 7.11 Å². The second-order valence-electron chi connectivity index (χ2n) is 7.52. The quantitative estimate of drug-likeness (QED) is 0.901. The summed E-state index contributed by atoms with van der Waals surface area (Å²) in [5.41, 5.74) is 3.80. The van der Waals surface area contributed by atoms with E-state index in [0.717, 1.165) is 25.7 Å². The molecule has 1 fully saturated rings. The molecule has 1 N–H and O–H groups in total. The summed E-state index contributed by atoms with van der Waals surface area (Å²) >= 11 is 0. The summed E-state index contributed by atoms with van der Waals surface area (Å²) in [5, 5.41) is 10.9. The van der Waals surface area contributed by atoms with E-state index < -0.39 is 6.10 Å². The maximum absolute atomic E-state index is 10.9. The molecule has 0 aliphatic heterocycles. The van der Waals surface area contributed by atoms with Crippen LogP contribution in [0.15, 0.2) is 18.2 Å². The first kappa shape index (κ1) is 16.5. The van der Waals surface area contributed by atoms with Gasteiger partial charge in [-0.05, 0) is 61.6 Å². The minimum Gasteiger partial charge on any atom is -0.390 e. The molecular weight excluding hydrogens is 260 g/mol. The summed E-state index contributed by atoms with van der Waals surface area (Å²) in [7, 11) is 1.76. The Morgan fingerprint density at radius 2 is 1.62 bits per heavy atom. The van der Waals surface area contributed by atoms with Crippen LogP contribution in [0.1, 0.15) is 56.2 Å². The Morgan fingerprint density at radius 3 is 2.10 bits per heavy atom. The summed E-state index contributed by atoms with van der Waals surface area (Å²) in [5.74, 6) is 0. The number of benzene rings is 1. The van der Waals surface area contributed by atoms with Crippen LogP contribution in [0, 0.1) is 19.3 Å². The van der Waals surface area contributed by atoms with E-state index in [4.69, 9.17) is 4.74 Å². The second-order valence-corrected chi connectivity index (χ2v) is 7.52. The SMILES string of the molecule is COC1(C(O)Cc2c(C)cccc2C)CCC(C)(C)CC1. The van der Waals surface area contributed by atoms with Gasteiger partial charge in [0.25, 0.3) is 0 Å². The zero-order valence-corrected chi connectivity index (χ0v) is 14.2. The van der Waals surface area contributed by atoms with Gasteiger partial charge in [0.15, 0.2) is 0 Å². The number of rotatable bonds is 4. The lowest BCUT2D eigenvalue weighted by atomic mass is 9.68. The largest absolute Gasteiger partial charge is 0.390 e. The van der Waals surface area contributed by atoms with Crippen LogP contribution in [0.25, 0.3) is 0 Å². The van der Waals surface area contributed by atoms with Crippen LogP contribution >= 0.6 is 0 Å². The molecule has 2 rings (SSSR count). The molecule has 1 aliphatic rings. The zero-order chi connectivity index (χ0) is 15.7. The lowest BCUT2D eigenvalue weighted by Gasteiger charge is -2.45. The van der Waals surface area contributed by atoms with Crippen LogP contribution < -0.4 is 0 Å². The Labute approximate surface area is 129 Å². The fraction of sp³-hybridized carbons (Fsp3) is 0.684. The third-order valence-corrected chi connectivity index (χ3v) is 5.51. The van der Waals surface area contributed by atoms with E-state index in [1.165, 1.54) is 16.7 Å². The number of hydrogen-bond acceptors (Lipinski definition) is 2. The molecular formula is C19H30O2. The van der Waals surface area contributed by atoms with E-state index >= 15 is 0 Å². The molecule has 2 heteroatoms. The fourth-order valence-corrected chi connectivity index (χ4v) is 3.57. The first-order chi connectivity index (χ1) is 9.80. The predicted octanol–water partition coefficient (Wildman–Crippen LogP) is 4.19. The smallest absolute Gasteiger partial charge is 0.0940 e. The zero-order valence-electron chi connectivity index (χ0n) is 14.2. The highest BCUT2D eigenvalue weighted by Crippen LogP contribution is 2.44. The highest BCUT2D eigenvalue weighted by atomic mass is 16.5. The van der Waals surface area contributed by atoms with E-state index in [1.807, 2.05) is 0 Å². The van der Waals surface area contributed by atoms with Gasteiger partial charge in [-0.2, -0.15) is 0 Å². The third-order valence-electron chi connectivity index (χ3n) is 5.51. The van der Waals surface area contributed by atoms with Crippen LogP contribution in [0.3, 0.4) is 0 Å². The minimum absolute atomic E-state index is 0.371. The molecule has 1 aromatic rings. The monoisotopic (exact) mass is 290 g/mol. The van der Waals surface area contributed by atoms with Crippen molar-refractivity contribution in [3.8, 4) is 0 Å². The molecule has 0 bridgehead atoms. The van der Waals surface area contributed by atoms with Crippen LogP contribution in [0.5, 0.6) is 0 Å². The topological polar surface area (TPSA) is 29.5 Å². The fourth-order valence-electron chi connectivity index (χ4n) is 3.57. The van der Waals surface area contributed by atoms with Gasteiger partial charge in [0.2, 0.25) is 0 Å². The molecule has 1 atom stereocenters. The van der Waals surface area contributed by atoms with E-state index in [9.17, 15) is 5.11 Å². The highest BCUT2D eigenvalue weighted by Gasteiger charge is 2.43. The molecule has 1 saturated carbocycles. The van der Waals surface area contributed by atoms with E-state index in [-0.39, 0.29) is 5.60 Å². The molecule has 0 aromatic heterocycles. The number of aliphatic hydroxyl groups excluding tert-OH is 1. The predicted molar refractivity (Wildman–Crippen MR) is 87.6 cm³/mol. The first-order valence-corrected chi connectivity index (χ1v) is 8.08. The van der Waals surface area contributed by atoms with Crippen LogP contribution in [0.2, 0.25) is 0 Å². The Morgan fingerprint density at radius 1 is 1.10 bits per heavy atom. The summed E-state index contributed by atoms with van der Waals surface area (Å²) in [6.07, 6.45) is 4.38. The van der Waals surface area contributed by atoms with E-state index in [2.05, 4.69) is 45.9 Å². The Balaban J connectivity index is 2.16. The number of aryl methyl sites for hydroxylation is 2. The Bertz CT molecular complexity index is 460. The van der Waals surface area contributed by atoms with Crippen molar-refractivity contribution >= 4 is 0 Å². The van der Waals surface area contributed by atoms with Gasteiger partial charge in [-0.25, -0.2) is 0 Å². The Hall–Kier alpha value is -0.860. The van der Waals surface area contributed by atoms with Crippen LogP contribution in [-0.4, -0.2) is 23.9 Å². The molecule has 0 amide bonds. The van der Waals surface area contributed by atoms with Gasteiger partial charge in [0, 0.05) is 13.5 Å². The molecule has 2 nitrogen and oxygen atoms in total. The summed E-state index contributed by atoms with van der Waals surface area (Å²) in [4.78, 5) is 0. The molecule has 1 unspecified atom stereocenters. The van der Waals surface area contributed by atoms with Crippen molar-refractivity contribution in [1.82, 2.24) is 0 Å². The van der Waals surface area contributed by atoms with Gasteiger partial charge >= 0.3 is 0 Å². The normalized spacial score (nSPS) is 22.0. The lowest BCUT2D eigenvalue weighted by Crippen LogP contribution is -2.49. The van der Waals surface area contributed by atoms with Gasteiger partial charge in [-0.3, -0.25) is 0 Å². The summed E-state index contributed by atoms with van der Waals surface area (Å²) < 4.78 is 5.84. The first-order valence-electron chi connectivity index (χ1n) is 8.08. The lowest BCUT2D eigenvalue weighted by molar-refractivity contribution is -0.135. The molecule has 0 saturated heterocycles. The second kappa shape index (κ2) is 6.10. The molecule has 21 heavy (non-hydrogen) atoms. The molecule has 118 valence electrons. The van der Waals surface area contributed by atoms with Crippen molar-refractivity contribution in [1.29, 1.82) is 0 Å². The summed E-state index contributed by atoms with van der Waals surface area (Å²) in [6, 6.07) is 6.33. The van der Waals surface area contributed by atoms with Gasteiger partial charge in [-0.15, -0.1) is 0 Å². The average molecular weight is 290 g/mol. The number of hydrogen-bond donors (Lipinski definition) is 1. The highest BCUT2D eigenvalue weighted by molar-refractivity contribution is 5.34. The van der Waals surface area contributed by atoms with E-state index in [0.29, 0.717) is 11.8 Å². The standard InChI is InChI=1S/C19H30O2/c1-14-7-6-8-15(2)16(14)13-17(20)19(21-5)11-9-18(3,4)10-12-19/h6-8,17,20H,9-13H2,1-5H3. The number of ether oxygens (including phenoxy) is 1. The number of aliphatic hydroxyl groups is 1. The molecule has 0 heterocycles. The molecule has 0 radical (unpaired) electrons. The van der Waals surface area contributed by atoms with Crippen molar-refractivity contribution in [3.05, 3.63) is 34.9 Å².